The number of nitriles is 1. The van der Waals surface area contributed by atoms with Gasteiger partial charge in [-0.05, 0) is 25.1 Å². The quantitative estimate of drug-likeness (QED) is 0.499. The van der Waals surface area contributed by atoms with Gasteiger partial charge in [0.2, 0.25) is 6.61 Å². The molecule has 0 bridgehead atoms. The van der Waals surface area contributed by atoms with Gasteiger partial charge < -0.3 is 4.84 Å². The Morgan fingerprint density at radius 1 is 1.50 bits per heavy atom. The number of sulfonamides is 1. The molecule has 0 saturated heterocycles. The van der Waals surface area contributed by atoms with Gasteiger partial charge in [0.15, 0.2) is 0 Å². The van der Waals surface area contributed by atoms with Gasteiger partial charge in [0.05, 0.1) is 11.4 Å². The number of oxime groups is 1. The molecule has 0 unspecified atom stereocenters. The van der Waals surface area contributed by atoms with Crippen molar-refractivity contribution in [2.45, 2.75) is 12.4 Å². The van der Waals surface area contributed by atoms with Crippen LogP contribution < -0.4 is 4.72 Å². The fourth-order valence-electron chi connectivity index (χ4n) is 1.31. The minimum Gasteiger partial charge on any atom is -0.380 e. The van der Waals surface area contributed by atoms with E-state index < -0.39 is 15.5 Å². The molecule has 1 aromatic carbocycles. The van der Waals surface area contributed by atoms with Gasteiger partial charge >= 0.3 is 15.5 Å². The molecule has 11 heteroatoms. The molecule has 22 heavy (non-hydrogen) atoms. The molecule has 1 rings (SSSR count). The number of hydrogen-bond acceptors (Lipinski definition) is 5. The second-order valence-electron chi connectivity index (χ2n) is 3.85. The predicted molar refractivity (Wildman–Crippen MR) is 73.8 cm³/mol. The maximum atomic E-state index is 12.4. The van der Waals surface area contributed by atoms with Gasteiger partial charge in [-0.25, -0.2) is 0 Å². The van der Waals surface area contributed by atoms with Crippen molar-refractivity contribution in [3.05, 3.63) is 28.8 Å². The largest absolute Gasteiger partial charge is 0.516 e. The highest BCUT2D eigenvalue weighted by Gasteiger charge is 2.46. The maximum absolute atomic E-state index is 12.4. The number of benzene rings is 1. The molecule has 1 N–H and O–H groups in total. The third kappa shape index (κ3) is 4.51. The molecule has 0 spiro atoms. The first kappa shape index (κ1) is 18.1. The van der Waals surface area contributed by atoms with Gasteiger partial charge in [-0.2, -0.15) is 26.9 Å². The van der Waals surface area contributed by atoms with Gasteiger partial charge in [-0.15, -0.1) is 0 Å². The lowest BCUT2D eigenvalue weighted by Gasteiger charge is -2.14. The summed E-state index contributed by atoms with van der Waals surface area (Å²) in [5, 5.41) is 12.0. The van der Waals surface area contributed by atoms with E-state index in [1.165, 1.54) is 23.8 Å². The number of rotatable bonds is 5. The fraction of sp³-hybridized carbons (Fsp3) is 0.273. The second-order valence-corrected chi connectivity index (χ2v) is 5.96. The summed E-state index contributed by atoms with van der Waals surface area (Å²) in [6.45, 7) is 0.982. The average molecular weight is 356 g/mol. The van der Waals surface area contributed by atoms with Crippen molar-refractivity contribution in [1.82, 2.24) is 0 Å². The van der Waals surface area contributed by atoms with Crippen LogP contribution in [0.3, 0.4) is 0 Å². The van der Waals surface area contributed by atoms with Crippen LogP contribution in [-0.4, -0.2) is 26.2 Å². The Balaban J connectivity index is 3.23. The summed E-state index contributed by atoms with van der Waals surface area (Å²) in [5.41, 5.74) is -5.81. The second kappa shape index (κ2) is 6.85. The smallest absolute Gasteiger partial charge is 0.380 e. The van der Waals surface area contributed by atoms with Gasteiger partial charge in [-0.1, -0.05) is 16.8 Å². The topological polar surface area (TPSA) is 91.5 Å². The molecule has 6 nitrogen and oxygen atoms in total. The van der Waals surface area contributed by atoms with Crippen LogP contribution in [0.2, 0.25) is 5.02 Å². The van der Waals surface area contributed by atoms with Crippen molar-refractivity contribution in [1.29, 1.82) is 5.26 Å². The Kier molecular flexibility index (Phi) is 5.62. The third-order valence-corrected chi connectivity index (χ3v) is 3.58. The van der Waals surface area contributed by atoms with Crippen LogP contribution in [0.5, 0.6) is 0 Å². The fourth-order valence-corrected chi connectivity index (χ4v) is 2.07. The van der Waals surface area contributed by atoms with E-state index in [9.17, 15) is 21.6 Å². The van der Waals surface area contributed by atoms with E-state index in [4.69, 9.17) is 16.9 Å². The number of nitrogens with one attached hydrogen (secondary N) is 1. The molecule has 0 aliphatic heterocycles. The summed E-state index contributed by atoms with van der Waals surface area (Å²) < 4.78 is 61.0. The SMILES string of the molecule is C/C(=N\OCC#N)c1cc(Cl)ccc1NS(=O)(=O)C(F)(F)F. The van der Waals surface area contributed by atoms with Gasteiger partial charge in [0.1, 0.15) is 6.07 Å². The first-order valence-corrected chi connectivity index (χ1v) is 7.37. The molecule has 0 saturated carbocycles. The Morgan fingerprint density at radius 2 is 2.14 bits per heavy atom. The van der Waals surface area contributed by atoms with Crippen LogP contribution in [0.4, 0.5) is 18.9 Å². The Hall–Kier alpha value is -1.99. The van der Waals surface area contributed by atoms with Crippen molar-refractivity contribution in [3.8, 4) is 6.07 Å². The van der Waals surface area contributed by atoms with Crippen LogP contribution in [0, 0.1) is 11.3 Å². The summed E-state index contributed by atoms with van der Waals surface area (Å²) >= 11 is 5.74. The zero-order valence-corrected chi connectivity index (χ0v) is 12.6. The molecule has 0 amide bonds. The standard InChI is InChI=1S/C11H9ClF3N3O3S/c1-7(17-21-5-4-16)9-6-8(12)2-3-10(9)18-22(19,20)11(13,14)15/h2-3,6,18H,5H2,1H3/b17-7+. The predicted octanol–water partition coefficient (Wildman–Crippen LogP) is 2.87. The first-order chi connectivity index (χ1) is 10.1. The Morgan fingerprint density at radius 3 is 2.68 bits per heavy atom. The van der Waals surface area contributed by atoms with Crippen LogP contribution in [-0.2, 0) is 14.9 Å². The molecular weight excluding hydrogens is 347 g/mol. The minimum atomic E-state index is -5.59. The lowest BCUT2D eigenvalue weighted by Crippen LogP contribution is -2.30. The molecule has 0 atom stereocenters. The summed E-state index contributed by atoms with van der Waals surface area (Å²) in [6.07, 6.45) is 0. The minimum absolute atomic E-state index is 0.0155. The zero-order chi connectivity index (χ0) is 17.0. The van der Waals surface area contributed by atoms with Gasteiger partial charge in [0.25, 0.3) is 0 Å². The van der Waals surface area contributed by atoms with Gasteiger partial charge in [0, 0.05) is 10.6 Å². The van der Waals surface area contributed by atoms with Crippen molar-refractivity contribution >= 4 is 33.0 Å². The van der Waals surface area contributed by atoms with Gasteiger partial charge in [-0.3, -0.25) is 4.72 Å². The zero-order valence-electron chi connectivity index (χ0n) is 11.0. The maximum Gasteiger partial charge on any atom is 0.516 e. The number of nitrogens with zero attached hydrogens (tertiary/aromatic N) is 2. The molecule has 1 aromatic rings. The third-order valence-electron chi connectivity index (χ3n) is 2.25. The molecule has 0 fully saturated rings. The number of halogens is 4. The summed E-state index contributed by atoms with van der Waals surface area (Å²) in [6, 6.07) is 5.13. The number of hydrogen-bond donors (Lipinski definition) is 1. The highest BCUT2D eigenvalue weighted by molar-refractivity contribution is 7.93. The molecular formula is C11H9ClF3N3O3S. The summed E-state index contributed by atoms with van der Waals surface area (Å²) in [7, 11) is -5.59. The number of anilines is 1. The van der Waals surface area contributed by atoms with E-state index in [2.05, 4.69) is 9.99 Å². The lowest BCUT2D eigenvalue weighted by molar-refractivity contribution is -0.0429. The van der Waals surface area contributed by atoms with E-state index in [1.54, 1.807) is 6.07 Å². The van der Waals surface area contributed by atoms with Crippen molar-refractivity contribution in [2.75, 3.05) is 11.3 Å². The van der Waals surface area contributed by atoms with E-state index in [0.717, 1.165) is 6.07 Å². The monoisotopic (exact) mass is 355 g/mol. The average Bonchev–Trinajstić information content (AvgIpc) is 2.39. The van der Waals surface area contributed by atoms with E-state index in [0.29, 0.717) is 0 Å². The normalized spacial score (nSPS) is 12.6. The van der Waals surface area contributed by atoms with E-state index in [1.807, 2.05) is 0 Å². The highest BCUT2D eigenvalue weighted by Crippen LogP contribution is 2.28. The highest BCUT2D eigenvalue weighted by atomic mass is 35.5. The molecule has 0 aliphatic carbocycles. The Labute approximate surface area is 129 Å². The van der Waals surface area contributed by atoms with Crippen molar-refractivity contribution in [2.24, 2.45) is 5.16 Å². The van der Waals surface area contributed by atoms with Crippen LogP contribution in [0.15, 0.2) is 23.4 Å². The van der Waals surface area contributed by atoms with E-state index in [-0.39, 0.29) is 28.6 Å². The van der Waals surface area contributed by atoms with Crippen molar-refractivity contribution < 1.29 is 26.4 Å². The lowest BCUT2D eigenvalue weighted by atomic mass is 10.1. The van der Waals surface area contributed by atoms with Crippen LogP contribution in [0.25, 0.3) is 0 Å². The molecule has 0 radical (unpaired) electrons. The molecule has 120 valence electrons. The summed E-state index contributed by atoms with van der Waals surface area (Å²) in [5.74, 6) is 0. The molecule has 0 aliphatic rings. The Bertz CT molecular complexity index is 726. The van der Waals surface area contributed by atoms with Crippen molar-refractivity contribution in [3.63, 3.8) is 0 Å². The number of alkyl halides is 3. The van der Waals surface area contributed by atoms with Crippen LogP contribution >= 0.6 is 11.6 Å². The van der Waals surface area contributed by atoms with Crippen LogP contribution in [0.1, 0.15) is 12.5 Å². The first-order valence-electron chi connectivity index (χ1n) is 5.51. The molecule has 0 heterocycles. The van der Waals surface area contributed by atoms with E-state index >= 15 is 0 Å². The summed E-state index contributed by atoms with van der Waals surface area (Å²) in [4.78, 5) is 4.58. The molecule has 0 aromatic heterocycles.